The normalized spacial score (nSPS) is 31.7. The molecule has 1 fully saturated rings. The van der Waals surface area contributed by atoms with E-state index in [0.717, 1.165) is 0 Å². The number of phosphoric acid groups is 2. The van der Waals surface area contributed by atoms with Gasteiger partial charge in [-0.05, 0) is 0 Å². The van der Waals surface area contributed by atoms with Gasteiger partial charge >= 0.3 is 15.6 Å². The smallest absolute Gasteiger partial charge is 0.391 e. The molecule has 0 spiro atoms. The van der Waals surface area contributed by atoms with Crippen molar-refractivity contribution >= 4 is 21.4 Å². The Morgan fingerprint density at radius 3 is 2.13 bits per heavy atom. The number of hydrogen-bond acceptors (Lipinski definition) is 14. The summed E-state index contributed by atoms with van der Waals surface area (Å²) >= 11 is 0. The second-order valence-electron chi connectivity index (χ2n) is 6.39. The average Bonchev–Trinajstić information content (AvgIpc) is 2.91. The number of phosphoric ester groups is 2. The largest absolute Gasteiger partial charge is 0.472 e. The third-order valence-corrected chi connectivity index (χ3v) is 5.40. The highest BCUT2D eigenvalue weighted by Crippen LogP contribution is 2.44. The highest BCUT2D eigenvalue weighted by atomic mass is 31.2. The molecule has 184 valence electrons. The minimum Gasteiger partial charge on any atom is -0.391 e. The predicted octanol–water partition coefficient (Wildman–Crippen LogP) is -5.32. The molecule has 0 aliphatic carbocycles. The summed E-state index contributed by atoms with van der Waals surface area (Å²) in [6.45, 7) is -4.57. The summed E-state index contributed by atoms with van der Waals surface area (Å²) in [5.41, 5.74) is 0. The summed E-state index contributed by atoms with van der Waals surface area (Å²) < 4.78 is 39.6. The van der Waals surface area contributed by atoms with Crippen LogP contribution in [0.5, 0.6) is 0 Å². The molecule has 1 unspecified atom stereocenters. The van der Waals surface area contributed by atoms with Crippen molar-refractivity contribution in [2.45, 2.75) is 42.4 Å². The third kappa shape index (κ3) is 8.45. The second kappa shape index (κ2) is 11.1. The van der Waals surface area contributed by atoms with E-state index in [0.29, 0.717) is 0 Å². The lowest BCUT2D eigenvalue weighted by molar-refractivity contribution is -0.247. The van der Waals surface area contributed by atoms with Crippen LogP contribution in [0.4, 0.5) is 0 Å². The van der Waals surface area contributed by atoms with Gasteiger partial charge in [0.05, 0.1) is 19.8 Å². The summed E-state index contributed by atoms with van der Waals surface area (Å²) in [6, 6.07) is 0. The van der Waals surface area contributed by atoms with Crippen molar-refractivity contribution in [1.82, 2.24) is 0 Å². The van der Waals surface area contributed by atoms with Crippen LogP contribution in [0.2, 0.25) is 0 Å². The Kier molecular flexibility index (Phi) is 10.3. The summed E-state index contributed by atoms with van der Waals surface area (Å²) in [4.78, 5) is 38.2. The van der Waals surface area contributed by atoms with Crippen molar-refractivity contribution < 1.29 is 82.7 Å². The Balaban J connectivity index is 2.52. The van der Waals surface area contributed by atoms with Crippen molar-refractivity contribution in [3.8, 4) is 0 Å². The number of rotatable bonds is 13. The van der Waals surface area contributed by atoms with E-state index >= 15 is 0 Å². The Morgan fingerprint density at radius 1 is 1.06 bits per heavy atom. The van der Waals surface area contributed by atoms with Gasteiger partial charge in [-0.15, -0.1) is 0 Å². The number of ketones is 1. The summed E-state index contributed by atoms with van der Waals surface area (Å²) in [5.74, 6) is -3.99. The SMILES string of the molecule is O=C(COP(=O)(O)OC[C@H]1O[C@](O)(CO)[C@@H](O)[C@@H]1O)[C@@H](O)[C@H](O)[C@H](O)COP(=O)(O)O. The molecule has 0 amide bonds. The Morgan fingerprint density at radius 2 is 1.65 bits per heavy atom. The molecular weight excluding hydrogens is 478 g/mol. The predicted molar refractivity (Wildman–Crippen MR) is 91.7 cm³/mol. The fraction of sp³-hybridized carbons (Fsp3) is 0.917. The van der Waals surface area contributed by atoms with E-state index in [9.17, 15) is 49.5 Å². The summed E-state index contributed by atoms with van der Waals surface area (Å²) in [5, 5.41) is 66.5. The first-order valence-corrected chi connectivity index (χ1v) is 11.3. The molecule has 0 aromatic rings. The molecule has 1 saturated heterocycles. The zero-order valence-electron chi connectivity index (χ0n) is 15.5. The maximum atomic E-state index is 11.8. The molecule has 0 aromatic heterocycles. The summed E-state index contributed by atoms with van der Waals surface area (Å²) in [6.07, 6.45) is -12.2. The first-order valence-electron chi connectivity index (χ1n) is 8.29. The molecule has 1 rings (SSSR count). The minimum atomic E-state index is -5.04. The van der Waals surface area contributed by atoms with Crippen molar-refractivity contribution in [2.75, 3.05) is 26.4 Å². The lowest BCUT2D eigenvalue weighted by atomic mass is 10.1. The molecule has 0 aromatic carbocycles. The van der Waals surface area contributed by atoms with E-state index in [1.807, 2.05) is 0 Å². The number of ether oxygens (including phenoxy) is 1. The molecule has 0 saturated carbocycles. The van der Waals surface area contributed by atoms with Crippen LogP contribution in [0.1, 0.15) is 0 Å². The van der Waals surface area contributed by atoms with Crippen LogP contribution in [0.15, 0.2) is 0 Å². The number of aliphatic hydroxyl groups is 7. The van der Waals surface area contributed by atoms with Gasteiger partial charge in [-0.2, -0.15) is 0 Å². The van der Waals surface area contributed by atoms with Crippen molar-refractivity contribution in [2.24, 2.45) is 0 Å². The van der Waals surface area contributed by atoms with Crippen LogP contribution < -0.4 is 0 Å². The zero-order chi connectivity index (χ0) is 24.2. The van der Waals surface area contributed by atoms with E-state index in [2.05, 4.69) is 13.6 Å². The number of hydrogen-bond donors (Lipinski definition) is 10. The molecular formula is C12H24O17P2. The van der Waals surface area contributed by atoms with Gasteiger partial charge in [0.1, 0.15) is 43.2 Å². The van der Waals surface area contributed by atoms with Crippen LogP contribution in [0, 0.1) is 0 Å². The highest BCUT2D eigenvalue weighted by molar-refractivity contribution is 7.47. The summed E-state index contributed by atoms with van der Waals surface area (Å²) in [7, 11) is -10.1. The fourth-order valence-corrected chi connectivity index (χ4v) is 3.29. The second-order valence-corrected chi connectivity index (χ2v) is 9.08. The lowest BCUT2D eigenvalue weighted by Gasteiger charge is -2.23. The lowest BCUT2D eigenvalue weighted by Crippen LogP contribution is -2.46. The Labute approximate surface area is 173 Å². The Bertz CT molecular complexity index is 697. The third-order valence-electron chi connectivity index (χ3n) is 3.98. The van der Waals surface area contributed by atoms with Gasteiger partial charge < -0.3 is 55.2 Å². The molecule has 10 N–H and O–H groups in total. The molecule has 0 radical (unpaired) electrons. The number of carbonyl (C=O) groups is 1. The van der Waals surface area contributed by atoms with Gasteiger partial charge in [0.15, 0.2) is 5.78 Å². The maximum absolute atomic E-state index is 11.8. The molecule has 0 bridgehead atoms. The monoisotopic (exact) mass is 502 g/mol. The van der Waals surface area contributed by atoms with E-state index in [4.69, 9.17) is 19.6 Å². The molecule has 17 nitrogen and oxygen atoms in total. The van der Waals surface area contributed by atoms with Gasteiger partial charge in [-0.3, -0.25) is 18.4 Å². The van der Waals surface area contributed by atoms with Crippen LogP contribution >= 0.6 is 15.6 Å². The zero-order valence-corrected chi connectivity index (χ0v) is 17.3. The molecule has 8 atom stereocenters. The highest BCUT2D eigenvalue weighted by Gasteiger charge is 2.53. The van der Waals surface area contributed by atoms with Gasteiger partial charge in [-0.25, -0.2) is 9.13 Å². The van der Waals surface area contributed by atoms with Crippen LogP contribution in [-0.4, -0.2) is 125 Å². The molecule has 1 aliphatic heterocycles. The Hall–Kier alpha value is -0.430. The molecule has 1 heterocycles. The van der Waals surface area contributed by atoms with E-state index in [1.54, 1.807) is 0 Å². The standard InChI is InChI=1S/C12H24O17P2/c13-4-12(20)11(19)10(18)7(29-12)3-28-31(24,25)27-2-6(15)9(17)8(16)5(14)1-26-30(21,22)23/h5,7-11,13-14,16-20H,1-4H2,(H,24,25)(H2,21,22,23)/t5-,7-,8-,9-,10-,11+,12-/m1/s1. The van der Waals surface area contributed by atoms with E-state index in [1.165, 1.54) is 0 Å². The average molecular weight is 502 g/mol. The topological polar surface area (TPSA) is 290 Å². The van der Waals surface area contributed by atoms with Gasteiger partial charge in [0.2, 0.25) is 5.79 Å². The maximum Gasteiger partial charge on any atom is 0.472 e. The van der Waals surface area contributed by atoms with E-state index < -0.39 is 90.3 Å². The molecule has 1 aliphatic rings. The molecule has 31 heavy (non-hydrogen) atoms. The van der Waals surface area contributed by atoms with Gasteiger partial charge in [0, 0.05) is 0 Å². The first kappa shape index (κ1) is 28.6. The first-order chi connectivity index (χ1) is 14.0. The number of carbonyl (C=O) groups excluding carboxylic acids is 1. The van der Waals surface area contributed by atoms with Crippen LogP contribution in [0.3, 0.4) is 0 Å². The fourth-order valence-electron chi connectivity index (χ4n) is 2.24. The van der Waals surface area contributed by atoms with Crippen molar-refractivity contribution in [3.63, 3.8) is 0 Å². The number of aliphatic hydroxyl groups excluding tert-OH is 6. The van der Waals surface area contributed by atoms with Crippen LogP contribution in [0.25, 0.3) is 0 Å². The number of Topliss-reactive ketones (excluding diaryl/α,β-unsaturated/α-hetero) is 1. The quantitative estimate of drug-likeness (QED) is 0.105. The minimum absolute atomic E-state index is 0.952. The van der Waals surface area contributed by atoms with Gasteiger partial charge in [-0.1, -0.05) is 0 Å². The molecule has 19 heteroatoms. The van der Waals surface area contributed by atoms with Crippen LogP contribution in [-0.2, 0) is 32.2 Å². The van der Waals surface area contributed by atoms with Gasteiger partial charge in [0.25, 0.3) is 0 Å². The van der Waals surface area contributed by atoms with E-state index in [-0.39, 0.29) is 0 Å². The van der Waals surface area contributed by atoms with Crippen molar-refractivity contribution in [1.29, 1.82) is 0 Å². The van der Waals surface area contributed by atoms with Crippen molar-refractivity contribution in [3.05, 3.63) is 0 Å².